The molecule has 1 amide bonds. The van der Waals surface area contributed by atoms with Gasteiger partial charge in [-0.1, -0.05) is 85.6 Å². The average Bonchev–Trinajstić information content (AvgIpc) is 2.93. The van der Waals surface area contributed by atoms with Crippen molar-refractivity contribution < 1.29 is 4.79 Å². The predicted octanol–water partition coefficient (Wildman–Crippen LogP) is 6.42. The summed E-state index contributed by atoms with van der Waals surface area (Å²) in [4.78, 5) is 35.2. The van der Waals surface area contributed by atoms with E-state index in [0.29, 0.717) is 59.3 Å². The van der Waals surface area contributed by atoms with Crippen molar-refractivity contribution in [1.82, 2.24) is 14.5 Å². The summed E-state index contributed by atoms with van der Waals surface area (Å²) in [5.41, 5.74) is 10.2. The lowest BCUT2D eigenvalue weighted by atomic mass is 9.98. The smallest absolute Gasteiger partial charge is 0.262 e. The molecule has 0 aliphatic rings. The Morgan fingerprint density at radius 2 is 1.70 bits per heavy atom. The van der Waals surface area contributed by atoms with E-state index in [-0.39, 0.29) is 17.4 Å². The van der Waals surface area contributed by atoms with Crippen molar-refractivity contribution in [1.29, 1.82) is 0 Å². The van der Waals surface area contributed by atoms with Gasteiger partial charge in [0.2, 0.25) is 0 Å². The zero-order valence-corrected chi connectivity index (χ0v) is 24.4. The van der Waals surface area contributed by atoms with Crippen LogP contribution in [0.2, 0.25) is 5.02 Å². The number of benzene rings is 3. The highest BCUT2D eigenvalue weighted by Crippen LogP contribution is 2.31. The number of hydrogen-bond donors (Lipinski definition) is 1. The number of aryl methyl sites for hydroxylation is 2. The van der Waals surface area contributed by atoms with Crippen molar-refractivity contribution in [2.45, 2.75) is 46.7 Å². The van der Waals surface area contributed by atoms with Gasteiger partial charge in [0.15, 0.2) is 0 Å². The molecule has 1 atom stereocenters. The average molecular weight is 557 g/mol. The van der Waals surface area contributed by atoms with Gasteiger partial charge < -0.3 is 10.6 Å². The molecule has 0 radical (unpaired) electrons. The summed E-state index contributed by atoms with van der Waals surface area (Å²) in [6.07, 6.45) is 0.628. The van der Waals surface area contributed by atoms with Gasteiger partial charge in [0.25, 0.3) is 11.5 Å². The van der Waals surface area contributed by atoms with Crippen molar-refractivity contribution in [3.8, 4) is 11.1 Å². The van der Waals surface area contributed by atoms with Crippen LogP contribution >= 0.6 is 11.6 Å². The van der Waals surface area contributed by atoms with Crippen LogP contribution in [-0.2, 0) is 6.54 Å². The maximum absolute atomic E-state index is 14.3. The number of carbonyl (C=O) groups is 1. The zero-order chi connectivity index (χ0) is 28.8. The van der Waals surface area contributed by atoms with Gasteiger partial charge in [0.1, 0.15) is 5.82 Å². The van der Waals surface area contributed by atoms with E-state index in [0.717, 1.165) is 11.1 Å². The SMILES string of the molecule is Cc1ccc(C(=O)N(CCCN)[C@@H](c2nc(C)c(-c3cccc(Cl)c3)c(=O)n2Cc2ccccc2)C(C)C)cc1. The first-order valence-electron chi connectivity index (χ1n) is 13.7. The third-order valence-corrected chi connectivity index (χ3v) is 7.31. The van der Waals surface area contributed by atoms with E-state index in [4.69, 9.17) is 22.3 Å². The van der Waals surface area contributed by atoms with E-state index in [1.165, 1.54) is 0 Å². The molecule has 208 valence electrons. The minimum Gasteiger partial charge on any atom is -0.330 e. The molecular weight excluding hydrogens is 520 g/mol. The molecule has 0 aliphatic heterocycles. The number of hydrogen-bond acceptors (Lipinski definition) is 4. The van der Waals surface area contributed by atoms with Crippen LogP contribution in [0.3, 0.4) is 0 Å². The van der Waals surface area contributed by atoms with Crippen LogP contribution in [0.4, 0.5) is 0 Å². The second-order valence-electron chi connectivity index (χ2n) is 10.5. The number of nitrogens with zero attached hydrogens (tertiary/aromatic N) is 3. The Bertz CT molecular complexity index is 1510. The standard InChI is InChI=1S/C33H37ClN4O2/c1-22(2)30(37(19-9-18-35)32(39)26-16-14-23(3)15-17-26)31-36-24(4)29(27-12-8-13-28(34)20-27)33(40)38(31)21-25-10-6-5-7-11-25/h5-8,10-17,20,22,30H,9,18-19,21,35H2,1-4H3/t30-/m1/s1. The molecule has 7 heteroatoms. The molecule has 3 aromatic carbocycles. The molecule has 1 aromatic heterocycles. The summed E-state index contributed by atoms with van der Waals surface area (Å²) in [5.74, 6) is 0.423. The molecule has 40 heavy (non-hydrogen) atoms. The minimum atomic E-state index is -0.455. The van der Waals surface area contributed by atoms with E-state index in [2.05, 4.69) is 13.8 Å². The van der Waals surface area contributed by atoms with Crippen molar-refractivity contribution in [3.05, 3.63) is 122 Å². The lowest BCUT2D eigenvalue weighted by Gasteiger charge is -2.36. The number of carbonyl (C=O) groups excluding carboxylic acids is 1. The van der Waals surface area contributed by atoms with E-state index >= 15 is 0 Å². The Labute approximate surface area is 241 Å². The lowest BCUT2D eigenvalue weighted by molar-refractivity contribution is 0.0602. The second kappa shape index (κ2) is 13.1. The van der Waals surface area contributed by atoms with Gasteiger partial charge >= 0.3 is 0 Å². The molecule has 4 rings (SSSR count). The molecule has 1 heterocycles. The molecule has 0 saturated heterocycles. The van der Waals surface area contributed by atoms with Crippen LogP contribution in [-0.4, -0.2) is 33.4 Å². The van der Waals surface area contributed by atoms with Crippen LogP contribution in [0.25, 0.3) is 11.1 Å². The van der Waals surface area contributed by atoms with Crippen LogP contribution in [0.1, 0.15) is 59.3 Å². The molecule has 0 bridgehead atoms. The third-order valence-electron chi connectivity index (χ3n) is 7.07. The van der Waals surface area contributed by atoms with Gasteiger partial charge in [-0.2, -0.15) is 0 Å². The number of rotatable bonds is 10. The van der Waals surface area contributed by atoms with Crippen LogP contribution in [0.15, 0.2) is 83.7 Å². The van der Waals surface area contributed by atoms with Crippen LogP contribution in [0, 0.1) is 19.8 Å². The highest BCUT2D eigenvalue weighted by Gasteiger charge is 2.33. The molecule has 2 N–H and O–H groups in total. The number of aromatic nitrogens is 2. The topological polar surface area (TPSA) is 81.2 Å². The first-order chi connectivity index (χ1) is 19.2. The molecule has 0 spiro atoms. The Kier molecular flexibility index (Phi) is 9.56. The monoisotopic (exact) mass is 556 g/mol. The summed E-state index contributed by atoms with van der Waals surface area (Å²) >= 11 is 6.30. The zero-order valence-electron chi connectivity index (χ0n) is 23.6. The molecular formula is C33H37ClN4O2. The quantitative estimate of drug-likeness (QED) is 0.244. The molecule has 6 nitrogen and oxygen atoms in total. The maximum Gasteiger partial charge on any atom is 0.262 e. The first-order valence-corrected chi connectivity index (χ1v) is 14.1. The summed E-state index contributed by atoms with van der Waals surface area (Å²) in [7, 11) is 0. The minimum absolute atomic E-state index is 0.0301. The summed E-state index contributed by atoms with van der Waals surface area (Å²) in [5, 5.41) is 0.548. The molecule has 0 saturated carbocycles. The fraction of sp³-hybridized carbons (Fsp3) is 0.303. The Morgan fingerprint density at radius 3 is 2.33 bits per heavy atom. The van der Waals surface area contributed by atoms with Gasteiger partial charge in [-0.15, -0.1) is 0 Å². The predicted molar refractivity (Wildman–Crippen MR) is 163 cm³/mol. The van der Waals surface area contributed by atoms with Crippen molar-refractivity contribution in [2.75, 3.05) is 13.1 Å². The largest absolute Gasteiger partial charge is 0.330 e. The van der Waals surface area contributed by atoms with Gasteiger partial charge in [-0.05, 0) is 68.1 Å². The second-order valence-corrected chi connectivity index (χ2v) is 10.9. The number of halogens is 1. The van der Waals surface area contributed by atoms with E-state index < -0.39 is 6.04 Å². The molecule has 0 unspecified atom stereocenters. The van der Waals surface area contributed by atoms with Crippen LogP contribution in [0.5, 0.6) is 0 Å². The number of nitrogens with two attached hydrogens (primary N) is 1. The van der Waals surface area contributed by atoms with Crippen LogP contribution < -0.4 is 11.3 Å². The van der Waals surface area contributed by atoms with E-state index in [9.17, 15) is 9.59 Å². The lowest BCUT2D eigenvalue weighted by Crippen LogP contribution is -2.42. The Hall–Kier alpha value is -3.74. The highest BCUT2D eigenvalue weighted by molar-refractivity contribution is 6.30. The Balaban J connectivity index is 1.94. The molecule has 4 aromatic rings. The van der Waals surface area contributed by atoms with Gasteiger partial charge in [0.05, 0.1) is 23.8 Å². The van der Waals surface area contributed by atoms with Crippen molar-refractivity contribution in [2.24, 2.45) is 11.7 Å². The number of amides is 1. The fourth-order valence-corrected chi connectivity index (χ4v) is 5.28. The highest BCUT2D eigenvalue weighted by atomic mass is 35.5. The van der Waals surface area contributed by atoms with Crippen molar-refractivity contribution in [3.63, 3.8) is 0 Å². The van der Waals surface area contributed by atoms with E-state index in [1.54, 1.807) is 16.7 Å². The molecule has 0 fully saturated rings. The summed E-state index contributed by atoms with van der Waals surface area (Å²) in [6, 6.07) is 24.2. The third kappa shape index (κ3) is 6.52. The maximum atomic E-state index is 14.3. The summed E-state index contributed by atoms with van der Waals surface area (Å²) in [6.45, 7) is 9.17. The normalized spacial score (nSPS) is 12.0. The Morgan fingerprint density at radius 1 is 1.00 bits per heavy atom. The first kappa shape index (κ1) is 29.2. The molecule has 0 aliphatic carbocycles. The van der Waals surface area contributed by atoms with E-state index in [1.807, 2.05) is 85.5 Å². The van der Waals surface area contributed by atoms with Gasteiger partial charge in [-0.25, -0.2) is 4.98 Å². The van der Waals surface area contributed by atoms with Crippen molar-refractivity contribution >= 4 is 17.5 Å². The fourth-order valence-electron chi connectivity index (χ4n) is 5.09. The van der Waals surface area contributed by atoms with Gasteiger partial charge in [-0.3, -0.25) is 14.2 Å². The summed E-state index contributed by atoms with van der Waals surface area (Å²) < 4.78 is 1.72. The van der Waals surface area contributed by atoms with Gasteiger partial charge in [0, 0.05) is 17.1 Å².